The third-order valence-corrected chi connectivity index (χ3v) is 4.42. The van der Waals surface area contributed by atoms with Crippen molar-refractivity contribution in [2.75, 3.05) is 25.0 Å². The van der Waals surface area contributed by atoms with Gasteiger partial charge in [0, 0.05) is 31.7 Å². The van der Waals surface area contributed by atoms with E-state index in [1.165, 1.54) is 0 Å². The molecule has 0 atom stereocenters. The molecule has 1 aliphatic rings. The highest BCUT2D eigenvalue weighted by molar-refractivity contribution is 6.42. The second kappa shape index (κ2) is 7.70. The lowest BCUT2D eigenvalue weighted by molar-refractivity contribution is -0.130. The van der Waals surface area contributed by atoms with Gasteiger partial charge in [-0.2, -0.15) is 0 Å². The predicted octanol–water partition coefficient (Wildman–Crippen LogP) is 2.53. The number of nitrogens with one attached hydrogen (secondary N) is 2. The van der Waals surface area contributed by atoms with E-state index in [1.807, 2.05) is 0 Å². The van der Waals surface area contributed by atoms with E-state index < -0.39 is 0 Å². The van der Waals surface area contributed by atoms with Gasteiger partial charge in [0.15, 0.2) is 0 Å². The number of benzene rings is 1. The van der Waals surface area contributed by atoms with E-state index in [4.69, 9.17) is 23.2 Å². The number of carbonyl (C=O) groups excluding carboxylic acids is 2. The first-order valence-electron chi connectivity index (χ1n) is 7.19. The van der Waals surface area contributed by atoms with Crippen LogP contribution < -0.4 is 10.6 Å². The Hall–Kier alpha value is -1.46. The molecule has 1 aromatic rings. The van der Waals surface area contributed by atoms with Crippen LogP contribution in [-0.4, -0.2) is 42.4 Å². The summed E-state index contributed by atoms with van der Waals surface area (Å²) in [5.74, 6) is 0.0124. The summed E-state index contributed by atoms with van der Waals surface area (Å²) in [6.45, 7) is 3.13. The second-order valence-electron chi connectivity index (χ2n) is 5.33. The number of rotatable bonds is 4. The molecule has 0 aromatic heterocycles. The zero-order valence-corrected chi connectivity index (χ0v) is 13.9. The van der Waals surface area contributed by atoms with Gasteiger partial charge in [-0.3, -0.25) is 9.59 Å². The van der Waals surface area contributed by atoms with E-state index in [2.05, 4.69) is 10.6 Å². The lowest BCUT2D eigenvalue weighted by Gasteiger charge is -2.31. The van der Waals surface area contributed by atoms with E-state index >= 15 is 0 Å². The number of halogens is 2. The van der Waals surface area contributed by atoms with Crippen LogP contribution in [-0.2, 0) is 9.59 Å². The van der Waals surface area contributed by atoms with E-state index in [0.717, 1.165) is 18.5 Å². The minimum absolute atomic E-state index is 0.0765. The largest absolute Gasteiger partial charge is 0.376 e. The van der Waals surface area contributed by atoms with Gasteiger partial charge in [-0.25, -0.2) is 0 Å². The molecule has 120 valence electrons. The molecule has 1 aliphatic heterocycles. The van der Waals surface area contributed by atoms with Gasteiger partial charge in [0.05, 0.1) is 16.6 Å². The molecule has 22 heavy (non-hydrogen) atoms. The van der Waals surface area contributed by atoms with Gasteiger partial charge in [-0.05, 0) is 31.0 Å². The number of nitrogens with zero attached hydrogens (tertiary/aromatic N) is 1. The molecule has 7 heteroatoms. The van der Waals surface area contributed by atoms with Crippen molar-refractivity contribution in [2.24, 2.45) is 0 Å². The zero-order valence-electron chi connectivity index (χ0n) is 12.4. The molecule has 2 rings (SSSR count). The topological polar surface area (TPSA) is 61.4 Å². The van der Waals surface area contributed by atoms with Gasteiger partial charge in [0.2, 0.25) is 11.8 Å². The van der Waals surface area contributed by atoms with Crippen LogP contribution in [0.15, 0.2) is 18.2 Å². The fourth-order valence-corrected chi connectivity index (χ4v) is 2.70. The average Bonchev–Trinajstić information content (AvgIpc) is 2.49. The number of piperidine rings is 1. The Morgan fingerprint density at radius 3 is 2.50 bits per heavy atom. The molecule has 2 N–H and O–H groups in total. The molecule has 0 unspecified atom stereocenters. The van der Waals surface area contributed by atoms with Crippen LogP contribution in [0.5, 0.6) is 0 Å². The van der Waals surface area contributed by atoms with Crippen molar-refractivity contribution >= 4 is 40.7 Å². The van der Waals surface area contributed by atoms with Gasteiger partial charge >= 0.3 is 0 Å². The van der Waals surface area contributed by atoms with Crippen molar-refractivity contribution in [3.05, 3.63) is 28.2 Å². The summed E-state index contributed by atoms with van der Waals surface area (Å²) >= 11 is 11.8. The highest BCUT2D eigenvalue weighted by Crippen LogP contribution is 2.24. The molecule has 1 heterocycles. The summed E-state index contributed by atoms with van der Waals surface area (Å²) in [4.78, 5) is 25.0. The minimum atomic E-state index is -0.0765. The molecule has 0 aliphatic carbocycles. The summed E-state index contributed by atoms with van der Waals surface area (Å²) < 4.78 is 0. The van der Waals surface area contributed by atoms with Gasteiger partial charge in [0.1, 0.15) is 0 Å². The van der Waals surface area contributed by atoms with Crippen molar-refractivity contribution in [2.45, 2.75) is 25.8 Å². The number of amides is 2. The fraction of sp³-hybridized carbons (Fsp3) is 0.467. The maximum atomic E-state index is 11.9. The Morgan fingerprint density at radius 2 is 1.91 bits per heavy atom. The number of carbonyl (C=O) groups is 2. The van der Waals surface area contributed by atoms with Crippen LogP contribution in [0, 0.1) is 0 Å². The Kier molecular flexibility index (Phi) is 5.91. The van der Waals surface area contributed by atoms with Crippen molar-refractivity contribution in [1.29, 1.82) is 0 Å². The summed E-state index contributed by atoms with van der Waals surface area (Å²) in [7, 11) is 0. The van der Waals surface area contributed by atoms with Gasteiger partial charge < -0.3 is 15.5 Å². The minimum Gasteiger partial charge on any atom is -0.376 e. The lowest BCUT2D eigenvalue weighted by atomic mass is 10.1. The fourth-order valence-electron chi connectivity index (χ4n) is 2.41. The van der Waals surface area contributed by atoms with E-state index in [-0.39, 0.29) is 24.4 Å². The number of anilines is 1. The van der Waals surface area contributed by atoms with Crippen LogP contribution in [0.25, 0.3) is 0 Å². The first-order valence-corrected chi connectivity index (χ1v) is 7.95. The summed E-state index contributed by atoms with van der Waals surface area (Å²) in [5.41, 5.74) is 0.746. The third kappa shape index (κ3) is 4.78. The van der Waals surface area contributed by atoms with Crippen LogP contribution in [0.2, 0.25) is 10.0 Å². The highest BCUT2D eigenvalue weighted by Gasteiger charge is 2.21. The Labute approximate surface area is 139 Å². The summed E-state index contributed by atoms with van der Waals surface area (Å²) in [6, 6.07) is 5.26. The van der Waals surface area contributed by atoms with E-state index in [0.29, 0.717) is 23.1 Å². The summed E-state index contributed by atoms with van der Waals surface area (Å²) in [5, 5.41) is 6.91. The monoisotopic (exact) mass is 343 g/mol. The number of hydrogen-bond acceptors (Lipinski definition) is 3. The Morgan fingerprint density at radius 1 is 1.23 bits per heavy atom. The van der Waals surface area contributed by atoms with Crippen LogP contribution >= 0.6 is 23.2 Å². The molecule has 1 fully saturated rings. The maximum absolute atomic E-state index is 11.9. The lowest BCUT2D eigenvalue weighted by Crippen LogP contribution is -2.47. The number of hydrogen-bond donors (Lipinski definition) is 2. The van der Waals surface area contributed by atoms with Crippen molar-refractivity contribution in [3.8, 4) is 0 Å². The first-order chi connectivity index (χ1) is 10.5. The van der Waals surface area contributed by atoms with Crippen molar-refractivity contribution in [3.63, 3.8) is 0 Å². The molecule has 2 amide bonds. The Balaban J connectivity index is 1.74. The molecule has 0 spiro atoms. The van der Waals surface area contributed by atoms with Crippen molar-refractivity contribution < 1.29 is 9.59 Å². The highest BCUT2D eigenvalue weighted by atomic mass is 35.5. The van der Waals surface area contributed by atoms with Crippen LogP contribution in [0.1, 0.15) is 19.8 Å². The molecule has 1 aromatic carbocycles. The first kappa shape index (κ1) is 16.9. The van der Waals surface area contributed by atoms with Crippen LogP contribution in [0.3, 0.4) is 0 Å². The molecular formula is C15H19Cl2N3O2. The molecule has 1 saturated heterocycles. The normalized spacial score (nSPS) is 15.5. The van der Waals surface area contributed by atoms with Crippen LogP contribution in [0.4, 0.5) is 5.69 Å². The molecule has 0 bridgehead atoms. The number of likely N-dealkylation sites (tertiary alicyclic amines) is 1. The predicted molar refractivity (Wildman–Crippen MR) is 88.4 cm³/mol. The summed E-state index contributed by atoms with van der Waals surface area (Å²) in [6.07, 6.45) is 1.58. The quantitative estimate of drug-likeness (QED) is 0.882. The maximum Gasteiger partial charge on any atom is 0.239 e. The smallest absolute Gasteiger partial charge is 0.239 e. The molecule has 0 saturated carbocycles. The third-order valence-electron chi connectivity index (χ3n) is 3.68. The van der Waals surface area contributed by atoms with Gasteiger partial charge in [-0.1, -0.05) is 23.2 Å². The zero-order chi connectivity index (χ0) is 16.1. The SMILES string of the molecule is CC(=O)N1CCC(NC(=O)CNc2ccc(Cl)c(Cl)c2)CC1. The van der Waals surface area contributed by atoms with E-state index in [9.17, 15) is 9.59 Å². The van der Waals surface area contributed by atoms with Gasteiger partial charge in [0.25, 0.3) is 0 Å². The second-order valence-corrected chi connectivity index (χ2v) is 6.14. The Bertz CT molecular complexity index is 558. The molecular weight excluding hydrogens is 325 g/mol. The molecule has 0 radical (unpaired) electrons. The average molecular weight is 344 g/mol. The van der Waals surface area contributed by atoms with Gasteiger partial charge in [-0.15, -0.1) is 0 Å². The standard InChI is InChI=1S/C15H19Cl2N3O2/c1-10(21)20-6-4-11(5-7-20)19-15(22)9-18-12-2-3-13(16)14(17)8-12/h2-3,8,11,18H,4-7,9H2,1H3,(H,19,22). The van der Waals surface area contributed by atoms with Crippen molar-refractivity contribution in [1.82, 2.24) is 10.2 Å². The molecule has 5 nitrogen and oxygen atoms in total. The van der Waals surface area contributed by atoms with E-state index in [1.54, 1.807) is 30.0 Å².